The Bertz CT molecular complexity index is 1070. The molecule has 2 atom stereocenters. The number of nitrogens with two attached hydrogens (primary N) is 1. The molecule has 2 aromatic carbocycles. The van der Waals surface area contributed by atoms with E-state index in [9.17, 15) is 18.8 Å². The van der Waals surface area contributed by atoms with Crippen molar-refractivity contribution >= 4 is 23.7 Å². The second-order valence-electron chi connectivity index (χ2n) is 8.17. The molecule has 34 heavy (non-hydrogen) atoms. The van der Waals surface area contributed by atoms with Crippen LogP contribution in [-0.4, -0.2) is 37.7 Å². The third-order valence-electron chi connectivity index (χ3n) is 6.13. The van der Waals surface area contributed by atoms with E-state index in [4.69, 9.17) is 15.2 Å². The standard InChI is InChI=1S/C25H30FN3O5/c1-4-29(5-2)17-7-8-18-15(3)19(24(31)34-22(18)13-17)10-11-33-25(32)28-14-16-6-9-21(26)20(12-16)23(27)30/h6-9,12-13,15,19H,4-5,10-11,14H2,1-3H3,(H2,27,30)(H,28,32). The van der Waals surface area contributed by atoms with Crippen LogP contribution in [0.4, 0.5) is 14.9 Å². The Kier molecular flexibility index (Phi) is 8.09. The second-order valence-corrected chi connectivity index (χ2v) is 8.17. The quantitative estimate of drug-likeness (QED) is 0.426. The maximum absolute atomic E-state index is 13.6. The van der Waals surface area contributed by atoms with Gasteiger partial charge >= 0.3 is 12.1 Å². The van der Waals surface area contributed by atoms with E-state index >= 15 is 0 Å². The van der Waals surface area contributed by atoms with Gasteiger partial charge in [0.25, 0.3) is 5.91 Å². The Morgan fingerprint density at radius 3 is 2.59 bits per heavy atom. The monoisotopic (exact) mass is 471 g/mol. The molecule has 0 saturated heterocycles. The van der Waals surface area contributed by atoms with Crippen molar-refractivity contribution in [3.05, 3.63) is 58.9 Å². The fourth-order valence-electron chi connectivity index (χ4n) is 4.12. The number of carbonyl (C=O) groups excluding carboxylic acids is 3. The number of benzene rings is 2. The predicted molar refractivity (Wildman–Crippen MR) is 125 cm³/mol. The lowest BCUT2D eigenvalue weighted by atomic mass is 9.83. The number of fused-ring (bicyclic) bond motifs is 1. The van der Waals surface area contributed by atoms with Gasteiger partial charge in [0.15, 0.2) is 0 Å². The molecule has 1 aliphatic heterocycles. The fraction of sp³-hybridized carbons (Fsp3) is 0.400. The summed E-state index contributed by atoms with van der Waals surface area (Å²) in [7, 11) is 0. The Balaban J connectivity index is 1.53. The molecule has 0 fully saturated rings. The summed E-state index contributed by atoms with van der Waals surface area (Å²) in [4.78, 5) is 38.1. The fourth-order valence-corrected chi connectivity index (χ4v) is 4.12. The van der Waals surface area contributed by atoms with Gasteiger partial charge in [0.1, 0.15) is 11.6 Å². The molecule has 0 saturated carbocycles. The average Bonchev–Trinajstić information content (AvgIpc) is 2.81. The number of halogens is 1. The molecule has 0 bridgehead atoms. The number of ether oxygens (including phenoxy) is 2. The number of primary amides is 1. The first kappa shape index (κ1) is 25.0. The summed E-state index contributed by atoms with van der Waals surface area (Å²) in [6, 6.07) is 9.74. The zero-order valence-electron chi connectivity index (χ0n) is 19.6. The second kappa shape index (κ2) is 11.0. The van der Waals surface area contributed by atoms with Crippen LogP contribution in [0.3, 0.4) is 0 Å². The van der Waals surface area contributed by atoms with E-state index in [2.05, 4.69) is 24.1 Å². The number of hydrogen-bond donors (Lipinski definition) is 2. The van der Waals surface area contributed by atoms with Gasteiger partial charge in [0.2, 0.25) is 0 Å². The van der Waals surface area contributed by atoms with Gasteiger partial charge in [-0.2, -0.15) is 0 Å². The number of anilines is 1. The van der Waals surface area contributed by atoms with Crippen molar-refractivity contribution in [3.63, 3.8) is 0 Å². The van der Waals surface area contributed by atoms with Crippen molar-refractivity contribution < 1.29 is 28.2 Å². The van der Waals surface area contributed by atoms with E-state index in [0.717, 1.165) is 30.4 Å². The zero-order chi connectivity index (χ0) is 24.8. The van der Waals surface area contributed by atoms with Gasteiger partial charge in [-0.1, -0.05) is 19.1 Å². The summed E-state index contributed by atoms with van der Waals surface area (Å²) in [6.07, 6.45) is -0.376. The molecule has 1 aliphatic rings. The minimum Gasteiger partial charge on any atom is -0.450 e. The van der Waals surface area contributed by atoms with Crippen molar-refractivity contribution in [1.82, 2.24) is 5.32 Å². The molecule has 2 amide bonds. The van der Waals surface area contributed by atoms with E-state index in [1.807, 2.05) is 25.1 Å². The van der Waals surface area contributed by atoms with Crippen LogP contribution in [0.25, 0.3) is 0 Å². The first-order valence-electron chi connectivity index (χ1n) is 11.3. The molecule has 9 heteroatoms. The van der Waals surface area contributed by atoms with Crippen LogP contribution in [0.15, 0.2) is 36.4 Å². The Morgan fingerprint density at radius 2 is 1.91 bits per heavy atom. The van der Waals surface area contributed by atoms with E-state index in [-0.39, 0.29) is 30.6 Å². The van der Waals surface area contributed by atoms with E-state index in [1.165, 1.54) is 12.1 Å². The molecule has 0 aliphatic carbocycles. The first-order chi connectivity index (χ1) is 16.2. The van der Waals surface area contributed by atoms with Gasteiger partial charge in [-0.15, -0.1) is 0 Å². The molecular formula is C25H30FN3O5. The van der Waals surface area contributed by atoms with Crippen LogP contribution < -0.4 is 20.7 Å². The van der Waals surface area contributed by atoms with Crippen molar-refractivity contribution in [2.45, 2.75) is 39.7 Å². The summed E-state index contributed by atoms with van der Waals surface area (Å²) >= 11 is 0. The molecule has 182 valence electrons. The summed E-state index contributed by atoms with van der Waals surface area (Å²) in [5.41, 5.74) is 7.34. The lowest BCUT2D eigenvalue weighted by Crippen LogP contribution is -2.32. The topological polar surface area (TPSA) is 111 Å². The molecule has 3 rings (SSSR count). The summed E-state index contributed by atoms with van der Waals surface area (Å²) in [5.74, 6) is -1.90. The Morgan fingerprint density at radius 1 is 1.18 bits per heavy atom. The number of carbonyl (C=O) groups is 3. The van der Waals surface area contributed by atoms with Crippen LogP contribution in [0.1, 0.15) is 54.6 Å². The summed E-state index contributed by atoms with van der Waals surface area (Å²) in [5, 5.41) is 2.53. The molecule has 0 spiro atoms. The number of nitrogens with one attached hydrogen (secondary N) is 1. The van der Waals surface area contributed by atoms with E-state index in [1.54, 1.807) is 0 Å². The number of alkyl carbamates (subject to hydrolysis) is 1. The molecule has 2 aromatic rings. The highest BCUT2D eigenvalue weighted by atomic mass is 19.1. The van der Waals surface area contributed by atoms with Crippen LogP contribution in [0.2, 0.25) is 0 Å². The summed E-state index contributed by atoms with van der Waals surface area (Å²) in [6.45, 7) is 7.88. The maximum atomic E-state index is 13.6. The minimum atomic E-state index is -0.888. The highest BCUT2D eigenvalue weighted by molar-refractivity contribution is 5.93. The van der Waals surface area contributed by atoms with Crippen LogP contribution in [-0.2, 0) is 16.1 Å². The molecule has 3 N–H and O–H groups in total. The van der Waals surface area contributed by atoms with Gasteiger partial charge in [-0.05, 0) is 55.5 Å². The van der Waals surface area contributed by atoms with Crippen LogP contribution in [0.5, 0.6) is 5.75 Å². The van der Waals surface area contributed by atoms with Gasteiger partial charge in [-0.3, -0.25) is 9.59 Å². The number of amides is 2. The molecular weight excluding hydrogens is 441 g/mol. The van der Waals surface area contributed by atoms with Gasteiger partial charge < -0.3 is 25.4 Å². The third kappa shape index (κ3) is 5.65. The van der Waals surface area contributed by atoms with Crippen molar-refractivity contribution in [3.8, 4) is 5.75 Å². The zero-order valence-corrected chi connectivity index (χ0v) is 19.6. The largest absolute Gasteiger partial charge is 0.450 e. The molecule has 1 heterocycles. The van der Waals surface area contributed by atoms with Gasteiger partial charge in [0.05, 0.1) is 18.1 Å². The van der Waals surface area contributed by atoms with E-state index in [0.29, 0.717) is 17.7 Å². The van der Waals surface area contributed by atoms with Crippen LogP contribution >= 0.6 is 0 Å². The minimum absolute atomic E-state index is 0.0265. The number of nitrogens with zero attached hydrogens (tertiary/aromatic N) is 1. The summed E-state index contributed by atoms with van der Waals surface area (Å²) < 4.78 is 24.4. The SMILES string of the molecule is CCN(CC)c1ccc2c(c1)OC(=O)C(CCOC(=O)NCc1ccc(F)c(C(N)=O)c1)C2C. The number of hydrogen-bond acceptors (Lipinski definition) is 6. The van der Waals surface area contributed by atoms with Crippen molar-refractivity contribution in [2.24, 2.45) is 11.7 Å². The molecule has 8 nitrogen and oxygen atoms in total. The smallest absolute Gasteiger partial charge is 0.407 e. The Hall–Kier alpha value is -3.62. The van der Waals surface area contributed by atoms with Crippen molar-refractivity contribution in [2.75, 3.05) is 24.6 Å². The van der Waals surface area contributed by atoms with E-state index < -0.39 is 23.7 Å². The predicted octanol–water partition coefficient (Wildman–Crippen LogP) is 3.73. The highest BCUT2D eigenvalue weighted by Gasteiger charge is 2.35. The Labute approximate surface area is 198 Å². The lowest BCUT2D eigenvalue weighted by molar-refractivity contribution is -0.141. The number of rotatable bonds is 9. The maximum Gasteiger partial charge on any atom is 0.407 e. The van der Waals surface area contributed by atoms with Gasteiger partial charge in [0, 0.05) is 31.4 Å². The lowest BCUT2D eigenvalue weighted by Gasteiger charge is -2.31. The molecule has 0 radical (unpaired) electrons. The first-order valence-corrected chi connectivity index (χ1v) is 11.3. The van der Waals surface area contributed by atoms with Crippen molar-refractivity contribution in [1.29, 1.82) is 0 Å². The van der Waals surface area contributed by atoms with Gasteiger partial charge in [-0.25, -0.2) is 9.18 Å². The normalized spacial score (nSPS) is 16.9. The van der Waals surface area contributed by atoms with Crippen LogP contribution in [0, 0.1) is 11.7 Å². The molecule has 2 unspecified atom stereocenters. The average molecular weight is 472 g/mol. The highest BCUT2D eigenvalue weighted by Crippen LogP contribution is 2.40. The number of esters is 1. The third-order valence-corrected chi connectivity index (χ3v) is 6.13. The molecule has 0 aromatic heterocycles.